The van der Waals surface area contributed by atoms with E-state index >= 15 is 0 Å². The van der Waals surface area contributed by atoms with Crippen molar-refractivity contribution in [2.45, 2.75) is 20.5 Å². The smallest absolute Gasteiger partial charge is 0.287 e. The first-order valence-electron chi connectivity index (χ1n) is 9.79. The van der Waals surface area contributed by atoms with Gasteiger partial charge in [0, 0.05) is 23.9 Å². The first-order chi connectivity index (χ1) is 15.0. The minimum atomic E-state index is -0.314. The summed E-state index contributed by atoms with van der Waals surface area (Å²) in [4.78, 5) is 29.2. The number of para-hydroxylation sites is 1. The van der Waals surface area contributed by atoms with Crippen molar-refractivity contribution in [1.29, 1.82) is 0 Å². The molecule has 0 spiro atoms. The summed E-state index contributed by atoms with van der Waals surface area (Å²) in [5.74, 6) is 1.37. The Balaban J connectivity index is 1.46. The average molecular weight is 419 g/mol. The van der Waals surface area contributed by atoms with Gasteiger partial charge in [-0.3, -0.25) is 9.59 Å². The minimum Gasteiger partial charge on any atom is -0.493 e. The van der Waals surface area contributed by atoms with Gasteiger partial charge in [0.05, 0.1) is 17.9 Å². The standard InChI is InChI=1S/C23H21N3O5/c1-3-29-20-10-5-4-9-19(20)23(28)25-16-7-6-8-18(12-16)30-14-17-13-22(27)26-21(24-17)11-15(2)31-26/h4-13H,3,14H2,1-2H3,(H,25,28). The van der Waals surface area contributed by atoms with E-state index in [1.54, 1.807) is 55.5 Å². The lowest BCUT2D eigenvalue weighted by molar-refractivity contribution is 0.102. The molecule has 0 atom stereocenters. The van der Waals surface area contributed by atoms with Crippen molar-refractivity contribution >= 4 is 17.2 Å². The SMILES string of the molecule is CCOc1ccccc1C(=O)Nc1cccc(OCc2cc(=O)n3oc(C)cc3n2)c1. The molecule has 0 saturated carbocycles. The molecule has 0 saturated heterocycles. The molecule has 31 heavy (non-hydrogen) atoms. The van der Waals surface area contributed by atoms with E-state index in [4.69, 9.17) is 14.0 Å². The maximum absolute atomic E-state index is 12.7. The lowest BCUT2D eigenvalue weighted by Crippen LogP contribution is -2.14. The molecule has 8 heteroatoms. The van der Waals surface area contributed by atoms with E-state index < -0.39 is 0 Å². The Morgan fingerprint density at radius 3 is 2.77 bits per heavy atom. The van der Waals surface area contributed by atoms with Gasteiger partial charge in [-0.15, -0.1) is 4.57 Å². The van der Waals surface area contributed by atoms with Crippen LogP contribution in [0.15, 0.2) is 70.0 Å². The zero-order chi connectivity index (χ0) is 21.8. The number of aryl methyl sites for hydroxylation is 1. The second kappa shape index (κ2) is 8.74. The highest BCUT2D eigenvalue weighted by molar-refractivity contribution is 6.06. The van der Waals surface area contributed by atoms with Gasteiger partial charge in [-0.1, -0.05) is 18.2 Å². The maximum atomic E-state index is 12.7. The zero-order valence-corrected chi connectivity index (χ0v) is 17.1. The van der Waals surface area contributed by atoms with Crippen LogP contribution in [0.1, 0.15) is 28.7 Å². The van der Waals surface area contributed by atoms with Gasteiger partial charge in [-0.25, -0.2) is 4.98 Å². The topological polar surface area (TPSA) is 95.1 Å². The fourth-order valence-electron chi connectivity index (χ4n) is 3.10. The van der Waals surface area contributed by atoms with Gasteiger partial charge >= 0.3 is 0 Å². The quantitative estimate of drug-likeness (QED) is 0.489. The summed E-state index contributed by atoms with van der Waals surface area (Å²) in [5, 5.41) is 2.85. The van der Waals surface area contributed by atoms with Crippen molar-refractivity contribution in [3.63, 3.8) is 0 Å². The number of nitrogens with zero attached hydrogens (tertiary/aromatic N) is 2. The number of benzene rings is 2. The molecule has 158 valence electrons. The van der Waals surface area contributed by atoms with Crippen molar-refractivity contribution in [2.75, 3.05) is 11.9 Å². The number of amides is 1. The van der Waals surface area contributed by atoms with Crippen LogP contribution in [0, 0.1) is 6.92 Å². The van der Waals surface area contributed by atoms with Crippen molar-refractivity contribution in [3.8, 4) is 11.5 Å². The average Bonchev–Trinajstić information content (AvgIpc) is 3.14. The molecule has 2 aromatic carbocycles. The highest BCUT2D eigenvalue weighted by atomic mass is 16.5. The molecule has 0 aliphatic heterocycles. The van der Waals surface area contributed by atoms with Crippen LogP contribution < -0.4 is 20.3 Å². The third kappa shape index (κ3) is 4.58. The second-order valence-electron chi connectivity index (χ2n) is 6.78. The number of anilines is 1. The monoisotopic (exact) mass is 419 g/mol. The molecule has 1 N–H and O–H groups in total. The number of fused-ring (bicyclic) bond motifs is 1. The van der Waals surface area contributed by atoms with Crippen LogP contribution in [0.5, 0.6) is 11.5 Å². The molecule has 0 radical (unpaired) electrons. The third-order valence-electron chi connectivity index (χ3n) is 4.43. The fourth-order valence-corrected chi connectivity index (χ4v) is 3.10. The van der Waals surface area contributed by atoms with Crippen molar-refractivity contribution in [1.82, 2.24) is 9.56 Å². The van der Waals surface area contributed by atoms with E-state index in [0.717, 1.165) is 4.57 Å². The number of carbonyl (C=O) groups is 1. The van der Waals surface area contributed by atoms with Crippen LogP contribution in [0.2, 0.25) is 0 Å². The van der Waals surface area contributed by atoms with Crippen LogP contribution in [0.4, 0.5) is 5.69 Å². The summed E-state index contributed by atoms with van der Waals surface area (Å²) in [7, 11) is 0. The molecule has 1 amide bonds. The van der Waals surface area contributed by atoms with Gasteiger partial charge in [-0.05, 0) is 38.1 Å². The van der Waals surface area contributed by atoms with Crippen LogP contribution in [0.3, 0.4) is 0 Å². The molecule has 8 nitrogen and oxygen atoms in total. The Kier molecular flexibility index (Phi) is 5.70. The van der Waals surface area contributed by atoms with E-state index in [-0.39, 0.29) is 18.1 Å². The van der Waals surface area contributed by atoms with Gasteiger partial charge in [0.1, 0.15) is 23.9 Å². The Hall–Kier alpha value is -4.07. The van der Waals surface area contributed by atoms with Crippen LogP contribution in [0.25, 0.3) is 5.65 Å². The van der Waals surface area contributed by atoms with Gasteiger partial charge < -0.3 is 19.3 Å². The van der Waals surface area contributed by atoms with Crippen LogP contribution in [-0.4, -0.2) is 22.1 Å². The number of hydrogen-bond donors (Lipinski definition) is 1. The number of hydrogen-bond acceptors (Lipinski definition) is 6. The molecule has 0 bridgehead atoms. The first-order valence-corrected chi connectivity index (χ1v) is 9.79. The van der Waals surface area contributed by atoms with Gasteiger partial charge in [0.15, 0.2) is 5.65 Å². The fraction of sp³-hybridized carbons (Fsp3) is 0.174. The first kappa shape index (κ1) is 20.2. The zero-order valence-electron chi connectivity index (χ0n) is 17.1. The number of ether oxygens (including phenoxy) is 2. The summed E-state index contributed by atoms with van der Waals surface area (Å²) in [6.45, 7) is 4.18. The van der Waals surface area contributed by atoms with E-state index in [9.17, 15) is 9.59 Å². The van der Waals surface area contributed by atoms with Gasteiger partial charge in [0.2, 0.25) is 0 Å². The summed E-state index contributed by atoms with van der Waals surface area (Å²) >= 11 is 0. The summed E-state index contributed by atoms with van der Waals surface area (Å²) < 4.78 is 17.7. The molecular formula is C23H21N3O5. The van der Waals surface area contributed by atoms with Crippen molar-refractivity contribution in [2.24, 2.45) is 0 Å². The Morgan fingerprint density at radius 1 is 1.10 bits per heavy atom. The molecule has 4 aromatic rings. The molecule has 0 unspecified atom stereocenters. The second-order valence-corrected chi connectivity index (χ2v) is 6.78. The van der Waals surface area contributed by atoms with Crippen molar-refractivity contribution in [3.05, 3.63) is 88.0 Å². The van der Waals surface area contributed by atoms with E-state index in [1.807, 2.05) is 13.0 Å². The molecule has 0 aliphatic rings. The lowest BCUT2D eigenvalue weighted by Gasteiger charge is -2.11. The van der Waals surface area contributed by atoms with E-state index in [0.29, 0.717) is 46.5 Å². The summed E-state index contributed by atoms with van der Waals surface area (Å²) in [6, 6.07) is 17.1. The van der Waals surface area contributed by atoms with Gasteiger partial charge in [-0.2, -0.15) is 0 Å². The predicted molar refractivity (Wildman–Crippen MR) is 115 cm³/mol. The maximum Gasteiger partial charge on any atom is 0.287 e. The third-order valence-corrected chi connectivity index (χ3v) is 4.43. The predicted octanol–water partition coefficient (Wildman–Crippen LogP) is 3.83. The largest absolute Gasteiger partial charge is 0.493 e. The number of nitrogens with one attached hydrogen (secondary N) is 1. The summed E-state index contributed by atoms with van der Waals surface area (Å²) in [6.07, 6.45) is 0. The van der Waals surface area contributed by atoms with Crippen LogP contribution >= 0.6 is 0 Å². The number of rotatable bonds is 7. The molecule has 0 fully saturated rings. The highest BCUT2D eigenvalue weighted by Crippen LogP contribution is 2.22. The lowest BCUT2D eigenvalue weighted by atomic mass is 10.2. The molecule has 2 heterocycles. The van der Waals surface area contributed by atoms with E-state index in [1.165, 1.54) is 6.07 Å². The Bertz CT molecular complexity index is 1290. The highest BCUT2D eigenvalue weighted by Gasteiger charge is 2.13. The van der Waals surface area contributed by atoms with Gasteiger partial charge in [0.25, 0.3) is 11.5 Å². The molecule has 2 aromatic heterocycles. The Morgan fingerprint density at radius 2 is 1.94 bits per heavy atom. The number of aromatic nitrogens is 2. The number of carbonyl (C=O) groups excluding carboxylic acids is 1. The minimum absolute atomic E-state index is 0.0978. The molecular weight excluding hydrogens is 398 g/mol. The summed E-state index contributed by atoms with van der Waals surface area (Å²) in [5.41, 5.74) is 1.61. The molecule has 4 rings (SSSR count). The Labute approximate surface area is 178 Å². The normalized spacial score (nSPS) is 10.8. The molecule has 0 aliphatic carbocycles. The van der Waals surface area contributed by atoms with Crippen molar-refractivity contribution < 1.29 is 18.8 Å². The van der Waals surface area contributed by atoms with Crippen LogP contribution in [-0.2, 0) is 6.61 Å². The van der Waals surface area contributed by atoms with E-state index in [2.05, 4.69) is 10.3 Å².